The summed E-state index contributed by atoms with van der Waals surface area (Å²) in [5, 5.41) is 11.6. The van der Waals surface area contributed by atoms with E-state index < -0.39 is 5.91 Å². The largest absolute Gasteiger partial charge is 0.357 e. The Balaban J connectivity index is 0.00000261. The molecular formula is C18H26ClN5O3. The lowest BCUT2D eigenvalue weighted by molar-refractivity contribution is -0.129. The molecule has 1 aromatic rings. The van der Waals surface area contributed by atoms with Gasteiger partial charge < -0.3 is 10.2 Å². The van der Waals surface area contributed by atoms with Crippen molar-refractivity contribution in [3.63, 3.8) is 0 Å². The molecule has 2 fully saturated rings. The molecule has 1 atom stereocenters. The minimum Gasteiger partial charge on any atom is -0.357 e. The molecule has 0 spiro atoms. The van der Waals surface area contributed by atoms with Crippen LogP contribution in [0.3, 0.4) is 0 Å². The van der Waals surface area contributed by atoms with Crippen LogP contribution in [-0.4, -0.2) is 51.0 Å². The molecule has 2 heterocycles. The molecule has 3 N–H and O–H groups in total. The predicted octanol–water partition coefficient (Wildman–Crippen LogP) is 2.01. The van der Waals surface area contributed by atoms with Crippen LogP contribution < -0.4 is 10.8 Å². The molecule has 0 aromatic carbocycles. The molecule has 0 bridgehead atoms. The fraction of sp³-hybridized carbons (Fsp3) is 0.556. The topological polar surface area (TPSA) is 107 Å². The smallest absolute Gasteiger partial charge is 0.267 e. The number of carbonyl (C=O) groups excluding carboxylic acids is 2. The summed E-state index contributed by atoms with van der Waals surface area (Å²) in [6.45, 7) is 1.66. The van der Waals surface area contributed by atoms with Crippen molar-refractivity contribution in [2.24, 2.45) is 5.92 Å². The van der Waals surface area contributed by atoms with E-state index in [9.17, 15) is 9.59 Å². The van der Waals surface area contributed by atoms with Crippen molar-refractivity contribution < 1.29 is 14.8 Å². The molecule has 9 heteroatoms. The first-order valence-electron chi connectivity index (χ1n) is 9.15. The minimum atomic E-state index is -0.636. The van der Waals surface area contributed by atoms with E-state index in [1.165, 1.54) is 56.1 Å². The highest BCUT2D eigenvalue weighted by Gasteiger charge is 2.33. The van der Waals surface area contributed by atoms with Gasteiger partial charge in [0, 0.05) is 19.2 Å². The molecule has 1 unspecified atom stereocenters. The van der Waals surface area contributed by atoms with Crippen molar-refractivity contribution in [2.45, 2.75) is 44.6 Å². The van der Waals surface area contributed by atoms with Gasteiger partial charge in [-0.1, -0.05) is 19.3 Å². The highest BCUT2D eigenvalue weighted by atomic mass is 35.5. The molecule has 1 saturated heterocycles. The van der Waals surface area contributed by atoms with E-state index in [4.69, 9.17) is 5.21 Å². The summed E-state index contributed by atoms with van der Waals surface area (Å²) in [6.07, 6.45) is 12.8. The zero-order chi connectivity index (χ0) is 18.4. The average Bonchev–Trinajstić information content (AvgIpc) is 3.01. The van der Waals surface area contributed by atoms with E-state index in [1.807, 2.05) is 4.90 Å². The van der Waals surface area contributed by atoms with E-state index in [2.05, 4.69) is 15.3 Å². The van der Waals surface area contributed by atoms with E-state index in [-0.39, 0.29) is 24.4 Å². The Morgan fingerprint density at radius 1 is 1.22 bits per heavy atom. The SMILES string of the molecule is Cl.O=C(/C=C/c1cnc(NC2CCN(CC3CCCCC3)C2=O)cn1)NO. The van der Waals surface area contributed by atoms with Crippen molar-refractivity contribution in [3.05, 3.63) is 24.2 Å². The Hall–Kier alpha value is -2.19. The number of nitrogens with zero attached hydrogens (tertiary/aromatic N) is 3. The second kappa shape index (κ2) is 10.2. The maximum atomic E-state index is 12.6. The number of hydrogen-bond acceptors (Lipinski definition) is 6. The first-order chi connectivity index (χ1) is 12.7. The van der Waals surface area contributed by atoms with E-state index in [0.29, 0.717) is 17.4 Å². The first-order valence-corrected chi connectivity index (χ1v) is 9.15. The number of hydroxylamine groups is 1. The Morgan fingerprint density at radius 3 is 2.67 bits per heavy atom. The average molecular weight is 396 g/mol. The van der Waals surface area contributed by atoms with Gasteiger partial charge >= 0.3 is 0 Å². The molecule has 148 valence electrons. The Labute approximate surface area is 164 Å². The van der Waals surface area contributed by atoms with Crippen molar-refractivity contribution in [2.75, 3.05) is 18.4 Å². The van der Waals surface area contributed by atoms with E-state index in [0.717, 1.165) is 25.6 Å². The van der Waals surface area contributed by atoms with Crippen LogP contribution in [0, 0.1) is 5.92 Å². The molecule has 2 aliphatic rings. The number of likely N-dealkylation sites (tertiary alicyclic amines) is 1. The van der Waals surface area contributed by atoms with Gasteiger partial charge in [0.1, 0.15) is 11.9 Å². The Bertz CT molecular complexity index is 661. The summed E-state index contributed by atoms with van der Waals surface area (Å²) in [7, 11) is 0. The molecule has 1 aliphatic heterocycles. The fourth-order valence-corrected chi connectivity index (χ4v) is 3.61. The summed E-state index contributed by atoms with van der Waals surface area (Å²) < 4.78 is 0. The normalized spacial score (nSPS) is 20.6. The lowest BCUT2D eigenvalue weighted by Crippen LogP contribution is -2.37. The second-order valence-corrected chi connectivity index (χ2v) is 6.91. The Kier molecular flexibility index (Phi) is 7.99. The number of aromatic nitrogens is 2. The highest BCUT2D eigenvalue weighted by Crippen LogP contribution is 2.26. The number of nitrogens with one attached hydrogen (secondary N) is 2. The molecule has 0 radical (unpaired) electrons. The third-order valence-electron chi connectivity index (χ3n) is 5.01. The van der Waals surface area contributed by atoms with Crippen LogP contribution in [0.1, 0.15) is 44.2 Å². The van der Waals surface area contributed by atoms with Gasteiger partial charge in [-0.2, -0.15) is 0 Å². The predicted molar refractivity (Wildman–Crippen MR) is 103 cm³/mol. The summed E-state index contributed by atoms with van der Waals surface area (Å²) in [4.78, 5) is 33.9. The van der Waals surface area contributed by atoms with Crippen LogP contribution in [0.4, 0.5) is 5.82 Å². The molecule has 27 heavy (non-hydrogen) atoms. The quantitative estimate of drug-likeness (QED) is 0.386. The molecular weight excluding hydrogens is 370 g/mol. The molecule has 2 amide bonds. The zero-order valence-corrected chi connectivity index (χ0v) is 16.0. The van der Waals surface area contributed by atoms with Gasteiger partial charge in [-0.05, 0) is 31.3 Å². The summed E-state index contributed by atoms with van der Waals surface area (Å²) in [5.74, 6) is 0.685. The van der Waals surface area contributed by atoms with E-state index >= 15 is 0 Å². The number of carbonyl (C=O) groups is 2. The minimum absolute atomic E-state index is 0. The fourth-order valence-electron chi connectivity index (χ4n) is 3.61. The third kappa shape index (κ3) is 5.90. The van der Waals surface area contributed by atoms with Crippen molar-refractivity contribution in [1.82, 2.24) is 20.3 Å². The highest BCUT2D eigenvalue weighted by molar-refractivity contribution is 5.90. The summed E-state index contributed by atoms with van der Waals surface area (Å²) >= 11 is 0. The number of halogens is 1. The van der Waals surface area contributed by atoms with Crippen molar-refractivity contribution in [3.8, 4) is 0 Å². The lowest BCUT2D eigenvalue weighted by Gasteiger charge is -2.27. The number of hydrogen-bond donors (Lipinski definition) is 3. The van der Waals surface area contributed by atoms with Crippen molar-refractivity contribution >= 4 is 36.1 Å². The number of amides is 2. The third-order valence-corrected chi connectivity index (χ3v) is 5.01. The van der Waals surface area contributed by atoms with Gasteiger partial charge in [0.25, 0.3) is 5.91 Å². The molecule has 1 aromatic heterocycles. The van der Waals surface area contributed by atoms with E-state index in [1.54, 1.807) is 0 Å². The van der Waals surface area contributed by atoms with Crippen LogP contribution in [0.5, 0.6) is 0 Å². The summed E-state index contributed by atoms with van der Waals surface area (Å²) in [5.41, 5.74) is 1.99. The van der Waals surface area contributed by atoms with Gasteiger partial charge in [-0.15, -0.1) is 12.4 Å². The zero-order valence-electron chi connectivity index (χ0n) is 15.1. The lowest BCUT2D eigenvalue weighted by atomic mass is 9.89. The second-order valence-electron chi connectivity index (χ2n) is 6.91. The van der Waals surface area contributed by atoms with Crippen LogP contribution in [0.2, 0.25) is 0 Å². The standard InChI is InChI=1S/C18H25N5O3.ClH/c24-17(22-26)7-6-14-10-20-16(11-19-14)21-15-8-9-23(18(15)25)12-13-4-2-1-3-5-13;/h6-7,10-11,13,15,26H,1-5,8-9,12H2,(H,20,21)(H,22,24);1H/b7-6+;. The van der Waals surface area contributed by atoms with Gasteiger partial charge in [0.05, 0.1) is 18.1 Å². The number of rotatable bonds is 6. The molecule has 3 rings (SSSR count). The van der Waals surface area contributed by atoms with Gasteiger partial charge in [0.15, 0.2) is 0 Å². The van der Waals surface area contributed by atoms with Gasteiger partial charge in [0.2, 0.25) is 5.91 Å². The van der Waals surface area contributed by atoms with Gasteiger partial charge in [-0.3, -0.25) is 19.8 Å². The van der Waals surface area contributed by atoms with Crippen LogP contribution in [0.25, 0.3) is 6.08 Å². The van der Waals surface area contributed by atoms with Gasteiger partial charge in [-0.25, -0.2) is 10.5 Å². The summed E-state index contributed by atoms with van der Waals surface area (Å²) in [6, 6.07) is -0.255. The van der Waals surface area contributed by atoms with Crippen LogP contribution >= 0.6 is 12.4 Å². The molecule has 8 nitrogen and oxygen atoms in total. The maximum absolute atomic E-state index is 12.6. The van der Waals surface area contributed by atoms with Crippen molar-refractivity contribution in [1.29, 1.82) is 0 Å². The monoisotopic (exact) mass is 395 g/mol. The maximum Gasteiger partial charge on any atom is 0.267 e. The Morgan fingerprint density at radius 2 is 2.00 bits per heavy atom. The number of anilines is 1. The van der Waals surface area contributed by atoms with Crippen LogP contribution in [0.15, 0.2) is 18.5 Å². The first kappa shape index (κ1) is 21.1. The molecule has 1 saturated carbocycles. The molecule has 1 aliphatic carbocycles. The van der Waals surface area contributed by atoms with Crippen LogP contribution in [-0.2, 0) is 9.59 Å².